The van der Waals surface area contributed by atoms with Gasteiger partial charge in [-0.25, -0.2) is 4.79 Å². The third kappa shape index (κ3) is 3.54. The van der Waals surface area contributed by atoms with Gasteiger partial charge in [-0.1, -0.05) is 30.3 Å². The number of anilines is 1. The molecule has 1 heterocycles. The lowest BCUT2D eigenvalue weighted by Gasteiger charge is -2.08. The maximum absolute atomic E-state index is 11.8. The second-order valence-electron chi connectivity index (χ2n) is 5.05. The number of carbonyl (C=O) groups excluding carboxylic acids is 1. The number of rotatable bonds is 4. The fourth-order valence-electron chi connectivity index (χ4n) is 2.44. The normalized spacial score (nSPS) is 12.4. The molecule has 2 aromatic rings. The van der Waals surface area contributed by atoms with Crippen LogP contribution in [0.3, 0.4) is 0 Å². The molecule has 0 radical (unpaired) electrons. The van der Waals surface area contributed by atoms with Crippen molar-refractivity contribution >= 4 is 11.8 Å². The van der Waals surface area contributed by atoms with Gasteiger partial charge in [0, 0.05) is 18.8 Å². The lowest BCUT2D eigenvalue weighted by atomic mass is 10.1. The van der Waals surface area contributed by atoms with Crippen molar-refractivity contribution in [3.05, 3.63) is 59.7 Å². The number of nitrogens with one attached hydrogen (secondary N) is 2. The molecule has 4 nitrogen and oxygen atoms in total. The zero-order chi connectivity index (χ0) is 14.5. The molecule has 3 rings (SSSR count). The summed E-state index contributed by atoms with van der Waals surface area (Å²) in [5.74, 6) is 0.592. The van der Waals surface area contributed by atoms with Crippen LogP contribution in [0.1, 0.15) is 11.1 Å². The summed E-state index contributed by atoms with van der Waals surface area (Å²) in [5, 5.41) is 6.05. The highest BCUT2D eigenvalue weighted by atomic mass is 16.6. The molecule has 108 valence electrons. The molecule has 0 fully saturated rings. The Morgan fingerprint density at radius 3 is 2.90 bits per heavy atom. The summed E-state index contributed by atoms with van der Waals surface area (Å²) in [7, 11) is 0. The molecule has 1 aliphatic rings. The van der Waals surface area contributed by atoms with Crippen LogP contribution in [0.5, 0.6) is 5.75 Å². The quantitative estimate of drug-likeness (QED) is 0.906. The number of hydrogen-bond acceptors (Lipinski definition) is 3. The van der Waals surface area contributed by atoms with E-state index in [0.717, 1.165) is 25.1 Å². The average Bonchev–Trinajstić information content (AvgIpc) is 2.96. The zero-order valence-corrected chi connectivity index (χ0v) is 11.8. The van der Waals surface area contributed by atoms with Gasteiger partial charge < -0.3 is 15.4 Å². The van der Waals surface area contributed by atoms with Gasteiger partial charge in [-0.2, -0.15) is 0 Å². The molecule has 4 heteroatoms. The van der Waals surface area contributed by atoms with Gasteiger partial charge in [0.15, 0.2) is 0 Å². The third-order valence-corrected chi connectivity index (χ3v) is 3.52. The Kier molecular flexibility index (Phi) is 4.05. The summed E-state index contributed by atoms with van der Waals surface area (Å²) in [5.41, 5.74) is 3.53. The Hall–Kier alpha value is -2.49. The Morgan fingerprint density at radius 2 is 2.05 bits per heavy atom. The van der Waals surface area contributed by atoms with Gasteiger partial charge in [-0.3, -0.25) is 0 Å². The highest BCUT2D eigenvalue weighted by Crippen LogP contribution is 2.26. The summed E-state index contributed by atoms with van der Waals surface area (Å²) in [4.78, 5) is 11.8. The highest BCUT2D eigenvalue weighted by Gasteiger charge is 2.12. The van der Waals surface area contributed by atoms with Crippen LogP contribution in [0.15, 0.2) is 48.5 Å². The molecule has 1 amide bonds. The average molecular weight is 282 g/mol. The van der Waals surface area contributed by atoms with E-state index in [1.54, 1.807) is 0 Å². The molecule has 0 spiro atoms. The Morgan fingerprint density at radius 1 is 1.19 bits per heavy atom. The van der Waals surface area contributed by atoms with Crippen LogP contribution in [0.4, 0.5) is 10.5 Å². The molecule has 0 atom stereocenters. The van der Waals surface area contributed by atoms with Crippen molar-refractivity contribution in [2.24, 2.45) is 0 Å². The SMILES string of the molecule is O=C(NCCc1ccccc1)Oc1ccc2c(c1)CCN2. The first kappa shape index (κ1) is 13.5. The van der Waals surface area contributed by atoms with E-state index in [1.165, 1.54) is 11.1 Å². The largest absolute Gasteiger partial charge is 0.412 e. The van der Waals surface area contributed by atoms with E-state index >= 15 is 0 Å². The number of ether oxygens (including phenoxy) is 1. The third-order valence-electron chi connectivity index (χ3n) is 3.52. The van der Waals surface area contributed by atoms with Crippen LogP contribution in [0.2, 0.25) is 0 Å². The first-order valence-electron chi connectivity index (χ1n) is 7.18. The number of fused-ring (bicyclic) bond motifs is 1. The first-order chi connectivity index (χ1) is 10.3. The molecule has 0 bridgehead atoms. The maximum Gasteiger partial charge on any atom is 0.412 e. The Balaban J connectivity index is 1.48. The second-order valence-corrected chi connectivity index (χ2v) is 5.05. The summed E-state index contributed by atoms with van der Waals surface area (Å²) in [6, 6.07) is 15.7. The van der Waals surface area contributed by atoms with E-state index < -0.39 is 6.09 Å². The monoisotopic (exact) mass is 282 g/mol. The smallest absolute Gasteiger partial charge is 0.410 e. The standard InChI is InChI=1S/C17H18N2O2/c20-17(19-10-8-13-4-2-1-3-5-13)21-15-6-7-16-14(12-15)9-11-18-16/h1-7,12,18H,8-11H2,(H,19,20). The van der Waals surface area contributed by atoms with Crippen LogP contribution in [0, 0.1) is 0 Å². The molecule has 2 aromatic carbocycles. The molecule has 0 unspecified atom stereocenters. The predicted octanol–water partition coefficient (Wildman–Crippen LogP) is 2.99. The van der Waals surface area contributed by atoms with E-state index in [2.05, 4.69) is 10.6 Å². The minimum atomic E-state index is -0.406. The fourth-order valence-corrected chi connectivity index (χ4v) is 2.44. The first-order valence-corrected chi connectivity index (χ1v) is 7.18. The van der Waals surface area contributed by atoms with Gasteiger partial charge in [-0.05, 0) is 42.2 Å². The van der Waals surface area contributed by atoms with E-state index in [0.29, 0.717) is 12.3 Å². The van der Waals surface area contributed by atoms with E-state index in [4.69, 9.17) is 4.74 Å². The van der Waals surface area contributed by atoms with Gasteiger partial charge in [-0.15, -0.1) is 0 Å². The topological polar surface area (TPSA) is 50.4 Å². The van der Waals surface area contributed by atoms with Crippen LogP contribution in [0.25, 0.3) is 0 Å². The molecule has 21 heavy (non-hydrogen) atoms. The van der Waals surface area contributed by atoms with Crippen molar-refractivity contribution in [1.29, 1.82) is 0 Å². The van der Waals surface area contributed by atoms with Gasteiger partial charge in [0.25, 0.3) is 0 Å². The molecule has 1 aliphatic heterocycles. The number of hydrogen-bond donors (Lipinski definition) is 2. The van der Waals surface area contributed by atoms with Gasteiger partial charge in [0.05, 0.1) is 0 Å². The van der Waals surface area contributed by atoms with Crippen molar-refractivity contribution in [2.75, 3.05) is 18.4 Å². The van der Waals surface area contributed by atoms with Crippen LogP contribution < -0.4 is 15.4 Å². The van der Waals surface area contributed by atoms with Crippen molar-refractivity contribution in [1.82, 2.24) is 5.32 Å². The highest BCUT2D eigenvalue weighted by molar-refractivity contribution is 5.71. The molecule has 0 saturated carbocycles. The van der Waals surface area contributed by atoms with Gasteiger partial charge in [0.2, 0.25) is 0 Å². The number of amides is 1. The minimum absolute atomic E-state index is 0.406. The lowest BCUT2D eigenvalue weighted by molar-refractivity contribution is 0.200. The van der Waals surface area contributed by atoms with E-state index in [-0.39, 0.29) is 0 Å². The van der Waals surface area contributed by atoms with Crippen LogP contribution in [-0.4, -0.2) is 19.2 Å². The maximum atomic E-state index is 11.8. The van der Waals surface area contributed by atoms with Crippen LogP contribution >= 0.6 is 0 Å². The molecular weight excluding hydrogens is 264 g/mol. The molecular formula is C17H18N2O2. The summed E-state index contributed by atoms with van der Waals surface area (Å²) >= 11 is 0. The lowest BCUT2D eigenvalue weighted by Crippen LogP contribution is -2.28. The van der Waals surface area contributed by atoms with Crippen molar-refractivity contribution in [2.45, 2.75) is 12.8 Å². The van der Waals surface area contributed by atoms with E-state index in [9.17, 15) is 4.79 Å². The zero-order valence-electron chi connectivity index (χ0n) is 11.8. The van der Waals surface area contributed by atoms with Gasteiger partial charge >= 0.3 is 6.09 Å². The van der Waals surface area contributed by atoms with Crippen molar-refractivity contribution in [3.8, 4) is 5.75 Å². The molecule has 2 N–H and O–H groups in total. The van der Waals surface area contributed by atoms with Gasteiger partial charge in [0.1, 0.15) is 5.75 Å². The van der Waals surface area contributed by atoms with Crippen molar-refractivity contribution < 1.29 is 9.53 Å². The fraction of sp³-hybridized carbons (Fsp3) is 0.235. The second kappa shape index (κ2) is 6.31. The molecule has 0 aliphatic carbocycles. The van der Waals surface area contributed by atoms with Crippen LogP contribution in [-0.2, 0) is 12.8 Å². The summed E-state index contributed by atoms with van der Waals surface area (Å²) in [6.45, 7) is 1.51. The predicted molar refractivity (Wildman–Crippen MR) is 82.8 cm³/mol. The number of benzene rings is 2. The Labute approximate surface area is 124 Å². The van der Waals surface area contributed by atoms with E-state index in [1.807, 2.05) is 48.5 Å². The van der Waals surface area contributed by atoms with Crippen molar-refractivity contribution in [3.63, 3.8) is 0 Å². The summed E-state index contributed by atoms with van der Waals surface area (Å²) in [6.07, 6.45) is 1.36. The molecule has 0 aromatic heterocycles. The Bertz CT molecular complexity index is 626. The summed E-state index contributed by atoms with van der Waals surface area (Å²) < 4.78 is 5.30. The number of carbonyl (C=O) groups is 1. The molecule has 0 saturated heterocycles. The minimum Gasteiger partial charge on any atom is -0.410 e.